The van der Waals surface area contributed by atoms with E-state index >= 15 is 0 Å². The number of rotatable bonds is 7. The van der Waals surface area contributed by atoms with Crippen LogP contribution in [0.4, 0.5) is 0 Å². The van der Waals surface area contributed by atoms with Gasteiger partial charge in [0.25, 0.3) is 5.91 Å². The van der Waals surface area contributed by atoms with Gasteiger partial charge in [-0.05, 0) is 62.1 Å². The number of hydrogen-bond donors (Lipinski definition) is 2. The van der Waals surface area contributed by atoms with Gasteiger partial charge in [-0.3, -0.25) is 4.79 Å². The molecule has 1 aliphatic heterocycles. The minimum atomic E-state index is -3.85. The Morgan fingerprint density at radius 1 is 0.774 bits per heavy atom. The predicted octanol–water partition coefficient (Wildman–Crippen LogP) is 1.71. The molecule has 1 heterocycles. The third kappa shape index (κ3) is 5.32. The summed E-state index contributed by atoms with van der Waals surface area (Å²) in [5.74, 6) is -0.123. The van der Waals surface area contributed by atoms with Gasteiger partial charge in [0.2, 0.25) is 20.0 Å². The van der Waals surface area contributed by atoms with Gasteiger partial charge in [0.1, 0.15) is 0 Å². The summed E-state index contributed by atoms with van der Waals surface area (Å²) in [6, 6.07) is 13.6. The lowest BCUT2D eigenvalue weighted by atomic mass is 10.1. The normalized spacial score (nSPS) is 19.9. The SMILES string of the molecule is O=C(c1ccccc1)N1CCCC(NS(=O)(=O)c2ccc(S(=O)(=O)NC3CC3)cc2)C1. The van der Waals surface area contributed by atoms with Gasteiger partial charge in [0.05, 0.1) is 9.79 Å². The number of nitrogens with zero attached hydrogens (tertiary/aromatic N) is 1. The van der Waals surface area contributed by atoms with Crippen LogP contribution in [-0.4, -0.2) is 52.8 Å². The average molecular weight is 464 g/mol. The number of likely N-dealkylation sites (tertiary alicyclic amines) is 1. The van der Waals surface area contributed by atoms with Gasteiger partial charge in [0.15, 0.2) is 0 Å². The minimum Gasteiger partial charge on any atom is -0.337 e. The van der Waals surface area contributed by atoms with Gasteiger partial charge in [-0.1, -0.05) is 18.2 Å². The molecule has 4 rings (SSSR count). The Kier molecular flexibility index (Phi) is 6.16. The second-order valence-corrected chi connectivity index (χ2v) is 11.4. The summed E-state index contributed by atoms with van der Waals surface area (Å²) in [5.41, 5.74) is 0.572. The van der Waals surface area contributed by atoms with E-state index in [9.17, 15) is 21.6 Å². The maximum absolute atomic E-state index is 12.8. The van der Waals surface area contributed by atoms with E-state index in [0.29, 0.717) is 24.9 Å². The number of sulfonamides is 2. The summed E-state index contributed by atoms with van der Waals surface area (Å²) in [7, 11) is -7.49. The fourth-order valence-electron chi connectivity index (χ4n) is 3.60. The summed E-state index contributed by atoms with van der Waals surface area (Å²) < 4.78 is 55.4. The molecule has 2 aromatic carbocycles. The third-order valence-electron chi connectivity index (χ3n) is 5.39. The molecule has 1 unspecified atom stereocenters. The molecule has 1 amide bonds. The first-order chi connectivity index (χ1) is 14.7. The van der Waals surface area contributed by atoms with Crippen LogP contribution in [-0.2, 0) is 20.0 Å². The zero-order valence-corrected chi connectivity index (χ0v) is 18.5. The Morgan fingerprint density at radius 2 is 1.32 bits per heavy atom. The fourth-order valence-corrected chi connectivity index (χ4v) is 6.16. The van der Waals surface area contributed by atoms with E-state index in [1.165, 1.54) is 24.3 Å². The highest BCUT2D eigenvalue weighted by atomic mass is 32.2. The summed E-state index contributed by atoms with van der Waals surface area (Å²) in [5, 5.41) is 0. The lowest BCUT2D eigenvalue weighted by Crippen LogP contribution is -2.49. The van der Waals surface area contributed by atoms with E-state index < -0.39 is 26.1 Å². The fraction of sp³-hybridized carbons (Fsp3) is 0.381. The van der Waals surface area contributed by atoms with E-state index in [2.05, 4.69) is 9.44 Å². The molecule has 0 aromatic heterocycles. The molecule has 166 valence electrons. The van der Waals surface area contributed by atoms with Crippen molar-refractivity contribution in [2.45, 2.75) is 47.6 Å². The molecule has 2 N–H and O–H groups in total. The molecule has 0 spiro atoms. The quantitative estimate of drug-likeness (QED) is 0.649. The molecule has 31 heavy (non-hydrogen) atoms. The van der Waals surface area contributed by atoms with Crippen LogP contribution < -0.4 is 9.44 Å². The van der Waals surface area contributed by atoms with Crippen molar-refractivity contribution in [1.29, 1.82) is 0 Å². The zero-order chi connectivity index (χ0) is 22.1. The van der Waals surface area contributed by atoms with Gasteiger partial charge in [-0.15, -0.1) is 0 Å². The third-order valence-corrected chi connectivity index (χ3v) is 8.47. The maximum atomic E-state index is 12.8. The molecule has 0 bridgehead atoms. The van der Waals surface area contributed by atoms with Gasteiger partial charge in [-0.2, -0.15) is 0 Å². The number of carbonyl (C=O) groups is 1. The van der Waals surface area contributed by atoms with Crippen molar-refractivity contribution < 1.29 is 21.6 Å². The van der Waals surface area contributed by atoms with Crippen molar-refractivity contribution in [3.63, 3.8) is 0 Å². The van der Waals surface area contributed by atoms with Gasteiger partial charge in [-0.25, -0.2) is 26.3 Å². The number of hydrogen-bond acceptors (Lipinski definition) is 5. The molecule has 8 nitrogen and oxygen atoms in total. The molecule has 1 aliphatic carbocycles. The highest BCUT2D eigenvalue weighted by molar-refractivity contribution is 7.90. The number of benzene rings is 2. The number of piperidine rings is 1. The molecule has 2 aliphatic rings. The minimum absolute atomic E-state index is 0.00983. The summed E-state index contributed by atoms with van der Waals surface area (Å²) in [6.07, 6.45) is 2.95. The monoisotopic (exact) mass is 463 g/mol. The van der Waals surface area contributed by atoms with Gasteiger partial charge < -0.3 is 4.90 Å². The largest absolute Gasteiger partial charge is 0.337 e. The first-order valence-corrected chi connectivity index (χ1v) is 13.2. The van der Waals surface area contributed by atoms with Crippen molar-refractivity contribution in [3.05, 3.63) is 60.2 Å². The first kappa shape index (κ1) is 21.9. The Labute approximate surface area is 182 Å². The lowest BCUT2D eigenvalue weighted by Gasteiger charge is -2.33. The standard InChI is InChI=1S/C21H25N3O5S2/c25-21(16-5-2-1-3-6-16)24-14-4-7-18(15-24)23-31(28,29)20-12-10-19(11-13-20)30(26,27)22-17-8-9-17/h1-3,5-6,10-13,17-18,22-23H,4,7-9,14-15H2. The Balaban J connectivity index is 1.42. The van der Waals surface area contributed by atoms with Crippen LogP contribution in [0.5, 0.6) is 0 Å². The van der Waals surface area contributed by atoms with Crippen molar-refractivity contribution in [3.8, 4) is 0 Å². The first-order valence-electron chi connectivity index (χ1n) is 10.2. The highest BCUT2D eigenvalue weighted by Gasteiger charge is 2.30. The maximum Gasteiger partial charge on any atom is 0.253 e. The molecule has 1 saturated carbocycles. The van der Waals surface area contributed by atoms with E-state index in [-0.39, 0.29) is 28.3 Å². The molecule has 1 atom stereocenters. The molecule has 2 fully saturated rings. The van der Waals surface area contributed by atoms with E-state index in [4.69, 9.17) is 0 Å². The van der Waals surface area contributed by atoms with Crippen LogP contribution in [0, 0.1) is 0 Å². The zero-order valence-electron chi connectivity index (χ0n) is 16.9. The summed E-state index contributed by atoms with van der Waals surface area (Å²) >= 11 is 0. The smallest absolute Gasteiger partial charge is 0.253 e. The number of amides is 1. The molecular formula is C21H25N3O5S2. The number of nitrogens with one attached hydrogen (secondary N) is 2. The Morgan fingerprint density at radius 3 is 1.87 bits per heavy atom. The van der Waals surface area contributed by atoms with Crippen LogP contribution in [0.2, 0.25) is 0 Å². The second kappa shape index (κ2) is 8.70. The predicted molar refractivity (Wildman–Crippen MR) is 115 cm³/mol. The average Bonchev–Trinajstić information content (AvgIpc) is 3.57. The van der Waals surface area contributed by atoms with E-state index in [1.54, 1.807) is 29.2 Å². The van der Waals surface area contributed by atoms with Crippen molar-refractivity contribution >= 4 is 26.0 Å². The molecule has 2 aromatic rings. The second-order valence-electron chi connectivity index (χ2n) is 7.94. The molecule has 10 heteroatoms. The van der Waals surface area contributed by atoms with Crippen LogP contribution in [0.3, 0.4) is 0 Å². The van der Waals surface area contributed by atoms with Crippen LogP contribution in [0.1, 0.15) is 36.0 Å². The number of carbonyl (C=O) groups excluding carboxylic acids is 1. The molecular weight excluding hydrogens is 438 g/mol. The Bertz CT molecular complexity index is 1150. The Hall–Kier alpha value is -2.27. The lowest BCUT2D eigenvalue weighted by molar-refractivity contribution is 0.0703. The van der Waals surface area contributed by atoms with Crippen LogP contribution in [0.25, 0.3) is 0 Å². The van der Waals surface area contributed by atoms with Gasteiger partial charge in [0, 0.05) is 30.7 Å². The molecule has 0 radical (unpaired) electrons. The molecule has 1 saturated heterocycles. The van der Waals surface area contributed by atoms with Gasteiger partial charge >= 0.3 is 0 Å². The van der Waals surface area contributed by atoms with E-state index in [1.807, 2.05) is 6.07 Å². The van der Waals surface area contributed by atoms with Crippen LogP contribution in [0.15, 0.2) is 64.4 Å². The van der Waals surface area contributed by atoms with E-state index in [0.717, 1.165) is 12.8 Å². The van der Waals surface area contributed by atoms with Crippen molar-refractivity contribution in [1.82, 2.24) is 14.3 Å². The summed E-state index contributed by atoms with van der Waals surface area (Å²) in [6.45, 7) is 0.858. The van der Waals surface area contributed by atoms with Crippen molar-refractivity contribution in [2.24, 2.45) is 0 Å². The summed E-state index contributed by atoms with van der Waals surface area (Å²) in [4.78, 5) is 14.4. The highest BCUT2D eigenvalue weighted by Crippen LogP contribution is 2.23. The van der Waals surface area contributed by atoms with Crippen molar-refractivity contribution in [2.75, 3.05) is 13.1 Å². The van der Waals surface area contributed by atoms with Crippen LogP contribution >= 0.6 is 0 Å². The topological polar surface area (TPSA) is 113 Å².